The third kappa shape index (κ3) is 4.87. The van der Waals surface area contributed by atoms with Crippen molar-refractivity contribution in [3.63, 3.8) is 0 Å². The second-order valence-electron chi connectivity index (χ2n) is 10.8. The molecule has 194 valence electrons. The van der Waals surface area contributed by atoms with Crippen molar-refractivity contribution >= 4 is 51.8 Å². The number of nitrogens with two attached hydrogens (primary N) is 1. The number of anilines is 2. The van der Waals surface area contributed by atoms with Crippen molar-refractivity contribution in [2.75, 3.05) is 48.7 Å². The number of para-hydroxylation sites is 1. The van der Waals surface area contributed by atoms with Crippen molar-refractivity contribution in [2.45, 2.75) is 38.3 Å². The van der Waals surface area contributed by atoms with Gasteiger partial charge in [-0.3, -0.25) is 4.99 Å². The van der Waals surface area contributed by atoms with Gasteiger partial charge in [-0.25, -0.2) is 0 Å². The molecule has 1 aliphatic carbocycles. The lowest BCUT2D eigenvalue weighted by Crippen LogP contribution is -2.41. The van der Waals surface area contributed by atoms with Gasteiger partial charge in [-0.05, 0) is 55.9 Å². The molecule has 7 heteroatoms. The van der Waals surface area contributed by atoms with E-state index in [4.69, 9.17) is 10.7 Å². The molecule has 6 nitrogen and oxygen atoms in total. The molecule has 2 fully saturated rings. The molecule has 3 aliphatic rings. The van der Waals surface area contributed by atoms with Gasteiger partial charge in [0, 0.05) is 74.2 Å². The SMILES string of the molecule is C=C(c1cc(/N=C/c2cc3ccccc3n2CC2CC2)c2c(c1)N(SC)CCN2C)N1CCCC(N)C1. The van der Waals surface area contributed by atoms with Gasteiger partial charge in [0.15, 0.2) is 0 Å². The van der Waals surface area contributed by atoms with Gasteiger partial charge in [0.05, 0.1) is 29.0 Å². The Morgan fingerprint density at radius 3 is 2.76 bits per heavy atom. The molecule has 1 unspecified atom stereocenters. The van der Waals surface area contributed by atoms with Crippen molar-refractivity contribution in [3.8, 4) is 0 Å². The highest BCUT2D eigenvalue weighted by Crippen LogP contribution is 2.45. The topological polar surface area (TPSA) is 53.0 Å². The van der Waals surface area contributed by atoms with Crippen LogP contribution in [0.4, 0.5) is 17.1 Å². The maximum atomic E-state index is 6.31. The monoisotopic (exact) mass is 514 g/mol. The number of hydrogen-bond donors (Lipinski definition) is 1. The number of likely N-dealkylation sites (N-methyl/N-ethyl adjacent to an activating group) is 1. The Morgan fingerprint density at radius 1 is 1.14 bits per heavy atom. The fraction of sp³-hybridized carbons (Fsp3) is 0.433. The van der Waals surface area contributed by atoms with E-state index in [-0.39, 0.29) is 6.04 Å². The summed E-state index contributed by atoms with van der Waals surface area (Å²) in [6.07, 6.45) is 9.09. The van der Waals surface area contributed by atoms with E-state index in [9.17, 15) is 0 Å². The Labute approximate surface area is 224 Å². The quantitative estimate of drug-likeness (QED) is 0.322. The smallest absolute Gasteiger partial charge is 0.0892 e. The minimum absolute atomic E-state index is 0.211. The number of fused-ring (bicyclic) bond motifs is 2. The highest BCUT2D eigenvalue weighted by atomic mass is 32.2. The van der Waals surface area contributed by atoms with Gasteiger partial charge in [0.1, 0.15) is 0 Å². The van der Waals surface area contributed by atoms with E-state index < -0.39 is 0 Å². The van der Waals surface area contributed by atoms with Gasteiger partial charge in [0.25, 0.3) is 0 Å². The van der Waals surface area contributed by atoms with Crippen molar-refractivity contribution < 1.29 is 0 Å². The molecule has 1 aromatic heterocycles. The first kappa shape index (κ1) is 24.4. The van der Waals surface area contributed by atoms with Crippen LogP contribution in [0.1, 0.15) is 36.9 Å². The van der Waals surface area contributed by atoms with Crippen LogP contribution in [0, 0.1) is 5.92 Å². The molecule has 2 N–H and O–H groups in total. The number of aromatic nitrogens is 1. The minimum Gasteiger partial charge on any atom is -0.370 e. The number of benzene rings is 2. The average molecular weight is 515 g/mol. The van der Waals surface area contributed by atoms with Gasteiger partial charge in [0.2, 0.25) is 0 Å². The molecule has 0 bridgehead atoms. The number of hydrogen-bond acceptors (Lipinski definition) is 6. The molecule has 0 amide bonds. The van der Waals surface area contributed by atoms with E-state index >= 15 is 0 Å². The first-order valence-electron chi connectivity index (χ1n) is 13.5. The standard InChI is InChI=1S/C30H38N6S/c1-21(34-12-6-8-25(31)20-34)24-16-27(30-29(17-24)36(37-3)14-13-33(30)2)32-18-26-15-23-7-4-5-9-28(23)35(26)19-22-10-11-22/h4-5,7,9,15-18,22,25H,1,6,8,10-14,19-20,31H2,2-3H3/b32-18+. The zero-order valence-electron chi connectivity index (χ0n) is 22.1. The van der Waals surface area contributed by atoms with Crippen molar-refractivity contribution in [1.82, 2.24) is 9.47 Å². The second kappa shape index (κ2) is 10.1. The Hall–Kier alpha value is -2.90. The fourth-order valence-corrected chi connectivity index (χ4v) is 6.39. The molecule has 3 heterocycles. The van der Waals surface area contributed by atoms with Crippen LogP contribution >= 0.6 is 11.9 Å². The maximum absolute atomic E-state index is 6.31. The molecule has 1 saturated heterocycles. The highest BCUT2D eigenvalue weighted by Gasteiger charge is 2.27. The molecular weight excluding hydrogens is 476 g/mol. The molecule has 37 heavy (non-hydrogen) atoms. The minimum atomic E-state index is 0.211. The predicted octanol–water partition coefficient (Wildman–Crippen LogP) is 5.73. The molecule has 2 aromatic carbocycles. The predicted molar refractivity (Wildman–Crippen MR) is 160 cm³/mol. The molecule has 0 radical (unpaired) electrons. The van der Waals surface area contributed by atoms with E-state index in [0.717, 1.165) is 68.4 Å². The molecule has 3 aromatic rings. The van der Waals surface area contributed by atoms with Crippen molar-refractivity contribution in [2.24, 2.45) is 16.6 Å². The number of rotatable bonds is 7. The van der Waals surface area contributed by atoms with Gasteiger partial charge in [-0.2, -0.15) is 0 Å². The Kier molecular flexibility index (Phi) is 6.67. The fourth-order valence-electron chi connectivity index (χ4n) is 5.79. The van der Waals surface area contributed by atoms with E-state index in [0.29, 0.717) is 0 Å². The molecule has 1 saturated carbocycles. The molecule has 0 spiro atoms. The summed E-state index contributed by atoms with van der Waals surface area (Å²) in [5, 5.41) is 1.28. The van der Waals surface area contributed by atoms with E-state index in [1.807, 2.05) is 0 Å². The van der Waals surface area contributed by atoms with Crippen LogP contribution < -0.4 is 14.9 Å². The summed E-state index contributed by atoms with van der Waals surface area (Å²) < 4.78 is 4.84. The van der Waals surface area contributed by atoms with Crippen LogP contribution in [0.5, 0.6) is 0 Å². The summed E-state index contributed by atoms with van der Waals surface area (Å²) >= 11 is 1.78. The summed E-state index contributed by atoms with van der Waals surface area (Å²) in [5.41, 5.74) is 14.4. The molecule has 2 aliphatic heterocycles. The zero-order valence-corrected chi connectivity index (χ0v) is 22.9. The zero-order chi connectivity index (χ0) is 25.5. The first-order valence-corrected chi connectivity index (χ1v) is 14.7. The molecule has 1 atom stereocenters. The summed E-state index contributed by atoms with van der Waals surface area (Å²) in [6.45, 7) is 9.41. The Bertz CT molecular complexity index is 1340. The lowest BCUT2D eigenvalue weighted by Gasteiger charge is -2.38. The van der Waals surface area contributed by atoms with E-state index in [1.165, 1.54) is 40.8 Å². The van der Waals surface area contributed by atoms with Gasteiger partial charge in [-0.15, -0.1) is 0 Å². The number of aliphatic imine (C=N–C) groups is 1. The van der Waals surface area contributed by atoms with E-state index in [1.54, 1.807) is 11.9 Å². The Morgan fingerprint density at radius 2 is 1.97 bits per heavy atom. The first-order chi connectivity index (χ1) is 18.0. The van der Waals surface area contributed by atoms with Crippen LogP contribution in [0.3, 0.4) is 0 Å². The number of nitrogens with zero attached hydrogens (tertiary/aromatic N) is 5. The van der Waals surface area contributed by atoms with Gasteiger partial charge < -0.3 is 24.4 Å². The third-order valence-electron chi connectivity index (χ3n) is 8.07. The van der Waals surface area contributed by atoms with Crippen LogP contribution in [0.2, 0.25) is 0 Å². The summed E-state index contributed by atoms with van der Waals surface area (Å²) in [5.74, 6) is 0.791. The summed E-state index contributed by atoms with van der Waals surface area (Å²) in [4.78, 5) is 9.89. The number of piperidine rings is 1. The number of likely N-dealkylation sites (tertiary alicyclic amines) is 1. The Balaban J connectivity index is 1.42. The third-order valence-corrected chi connectivity index (χ3v) is 8.89. The van der Waals surface area contributed by atoms with E-state index in [2.05, 4.69) is 87.2 Å². The van der Waals surface area contributed by atoms with Crippen molar-refractivity contribution in [1.29, 1.82) is 0 Å². The van der Waals surface area contributed by atoms with Crippen LogP contribution in [0.25, 0.3) is 16.6 Å². The lowest BCUT2D eigenvalue weighted by atomic mass is 10.0. The van der Waals surface area contributed by atoms with Crippen LogP contribution in [-0.4, -0.2) is 61.2 Å². The largest absolute Gasteiger partial charge is 0.370 e. The van der Waals surface area contributed by atoms with Gasteiger partial charge >= 0.3 is 0 Å². The molecule has 6 rings (SSSR count). The summed E-state index contributed by atoms with van der Waals surface area (Å²) in [6, 6.07) is 15.7. The molecular formula is C30H38N6S. The average Bonchev–Trinajstić information content (AvgIpc) is 3.67. The van der Waals surface area contributed by atoms with Crippen molar-refractivity contribution in [3.05, 3.63) is 60.3 Å². The maximum Gasteiger partial charge on any atom is 0.0892 e. The second-order valence-corrected chi connectivity index (χ2v) is 11.6. The lowest BCUT2D eigenvalue weighted by molar-refractivity contribution is 0.296. The summed E-state index contributed by atoms with van der Waals surface area (Å²) in [7, 11) is 2.18. The normalized spacial score (nSPS) is 20.2. The highest BCUT2D eigenvalue weighted by molar-refractivity contribution is 8.00. The van der Waals surface area contributed by atoms with Gasteiger partial charge in [-0.1, -0.05) is 36.7 Å². The van der Waals surface area contributed by atoms with Crippen LogP contribution in [-0.2, 0) is 6.54 Å². The van der Waals surface area contributed by atoms with Crippen LogP contribution in [0.15, 0.2) is 54.0 Å².